The van der Waals surface area contributed by atoms with Gasteiger partial charge < -0.3 is 10.5 Å². The van der Waals surface area contributed by atoms with Crippen molar-refractivity contribution in [3.63, 3.8) is 0 Å². The number of halogens is 1. The Bertz CT molecular complexity index is 528. The predicted molar refractivity (Wildman–Crippen MR) is 66.7 cm³/mol. The van der Waals surface area contributed by atoms with Crippen molar-refractivity contribution in [2.75, 3.05) is 13.7 Å². The Labute approximate surface area is 105 Å². The van der Waals surface area contributed by atoms with E-state index in [-0.39, 0.29) is 5.75 Å². The fraction of sp³-hybridized carbons (Fsp3) is 0.231. The number of rotatable bonds is 4. The van der Waals surface area contributed by atoms with Gasteiger partial charge in [-0.3, -0.25) is 0 Å². The van der Waals surface area contributed by atoms with Crippen LogP contribution in [0.25, 0.3) is 11.4 Å². The minimum Gasteiger partial charge on any atom is -0.494 e. The standard InChI is InChI=1S/C13H14FN3O/c1-18-12-6-10(2-3-11(12)14)13-16-7-9(4-5-15)8-17-13/h2-3,6-8H,4-5,15H2,1H3. The van der Waals surface area contributed by atoms with E-state index in [1.165, 1.54) is 13.2 Å². The van der Waals surface area contributed by atoms with Gasteiger partial charge in [0.1, 0.15) is 0 Å². The molecule has 0 radical (unpaired) electrons. The summed E-state index contributed by atoms with van der Waals surface area (Å²) in [5.74, 6) is 0.317. The normalized spacial score (nSPS) is 10.4. The number of ether oxygens (including phenoxy) is 1. The van der Waals surface area contributed by atoms with Gasteiger partial charge in [0, 0.05) is 18.0 Å². The van der Waals surface area contributed by atoms with Crippen LogP contribution in [0, 0.1) is 5.82 Å². The number of nitrogens with two attached hydrogens (primary N) is 1. The summed E-state index contributed by atoms with van der Waals surface area (Å²) in [4.78, 5) is 8.46. The summed E-state index contributed by atoms with van der Waals surface area (Å²) in [6.45, 7) is 0.563. The third-order valence-corrected chi connectivity index (χ3v) is 2.55. The van der Waals surface area contributed by atoms with Gasteiger partial charge in [0.25, 0.3) is 0 Å². The van der Waals surface area contributed by atoms with Gasteiger partial charge in [0.05, 0.1) is 7.11 Å². The second kappa shape index (κ2) is 5.55. The maximum Gasteiger partial charge on any atom is 0.165 e. The summed E-state index contributed by atoms with van der Waals surface area (Å²) < 4.78 is 18.2. The molecular weight excluding hydrogens is 233 g/mol. The maximum atomic E-state index is 13.3. The van der Waals surface area contributed by atoms with Crippen LogP contribution in [0.1, 0.15) is 5.56 Å². The van der Waals surface area contributed by atoms with Gasteiger partial charge in [-0.05, 0) is 36.7 Å². The molecule has 1 aromatic carbocycles. The van der Waals surface area contributed by atoms with Crippen LogP contribution in [0.3, 0.4) is 0 Å². The van der Waals surface area contributed by atoms with Crippen molar-refractivity contribution in [1.82, 2.24) is 9.97 Å². The van der Waals surface area contributed by atoms with Crippen molar-refractivity contribution < 1.29 is 9.13 Å². The first kappa shape index (κ1) is 12.4. The highest BCUT2D eigenvalue weighted by atomic mass is 19.1. The zero-order valence-corrected chi connectivity index (χ0v) is 10.1. The van der Waals surface area contributed by atoms with Crippen molar-refractivity contribution in [3.05, 3.63) is 42.0 Å². The molecule has 0 saturated heterocycles. The van der Waals surface area contributed by atoms with Gasteiger partial charge in [0.15, 0.2) is 17.4 Å². The molecule has 2 N–H and O–H groups in total. The van der Waals surface area contributed by atoms with Crippen LogP contribution in [0.2, 0.25) is 0 Å². The third-order valence-electron chi connectivity index (χ3n) is 2.55. The van der Waals surface area contributed by atoms with Gasteiger partial charge in [-0.25, -0.2) is 14.4 Å². The van der Waals surface area contributed by atoms with Crippen molar-refractivity contribution in [3.8, 4) is 17.1 Å². The summed E-state index contributed by atoms with van der Waals surface area (Å²) in [6, 6.07) is 4.54. The van der Waals surface area contributed by atoms with Gasteiger partial charge in [-0.15, -0.1) is 0 Å². The number of hydrogen-bond acceptors (Lipinski definition) is 4. The molecule has 94 valence electrons. The Morgan fingerprint density at radius 1 is 1.28 bits per heavy atom. The Balaban J connectivity index is 2.30. The number of aromatic nitrogens is 2. The quantitative estimate of drug-likeness (QED) is 0.894. The van der Waals surface area contributed by atoms with E-state index in [1.807, 2.05) is 0 Å². The lowest BCUT2D eigenvalue weighted by molar-refractivity contribution is 0.387. The highest BCUT2D eigenvalue weighted by Gasteiger charge is 2.07. The van der Waals surface area contributed by atoms with Crippen LogP contribution in [-0.2, 0) is 6.42 Å². The number of methoxy groups -OCH3 is 1. The fourth-order valence-corrected chi connectivity index (χ4v) is 1.60. The molecule has 18 heavy (non-hydrogen) atoms. The lowest BCUT2D eigenvalue weighted by Crippen LogP contribution is -2.03. The van der Waals surface area contributed by atoms with Crippen LogP contribution < -0.4 is 10.5 Å². The largest absolute Gasteiger partial charge is 0.494 e. The molecule has 4 nitrogen and oxygen atoms in total. The average molecular weight is 247 g/mol. The molecule has 0 saturated carbocycles. The van der Waals surface area contributed by atoms with Crippen LogP contribution in [0.5, 0.6) is 5.75 Å². The van der Waals surface area contributed by atoms with E-state index in [2.05, 4.69) is 9.97 Å². The van der Waals surface area contributed by atoms with Gasteiger partial charge in [-0.2, -0.15) is 0 Å². The number of nitrogens with zero attached hydrogens (tertiary/aromatic N) is 2. The number of hydrogen-bond donors (Lipinski definition) is 1. The fourth-order valence-electron chi connectivity index (χ4n) is 1.60. The molecule has 0 atom stereocenters. The van der Waals surface area contributed by atoms with E-state index in [0.29, 0.717) is 17.9 Å². The lowest BCUT2D eigenvalue weighted by atomic mass is 10.2. The maximum absolute atomic E-state index is 13.3. The van der Waals surface area contributed by atoms with Crippen LogP contribution in [-0.4, -0.2) is 23.6 Å². The van der Waals surface area contributed by atoms with Gasteiger partial charge >= 0.3 is 0 Å². The summed E-state index contributed by atoms with van der Waals surface area (Å²) in [5, 5.41) is 0. The molecule has 0 aliphatic rings. The molecule has 0 aliphatic carbocycles. The Kier molecular flexibility index (Phi) is 3.84. The molecule has 0 bridgehead atoms. The van der Waals surface area contributed by atoms with Crippen molar-refractivity contribution >= 4 is 0 Å². The summed E-state index contributed by atoms with van der Waals surface area (Å²) >= 11 is 0. The zero-order valence-electron chi connectivity index (χ0n) is 10.1. The first-order chi connectivity index (χ1) is 8.74. The Hall–Kier alpha value is -2.01. The molecule has 0 fully saturated rings. The van der Waals surface area contributed by atoms with Crippen molar-refractivity contribution in [2.24, 2.45) is 5.73 Å². The topological polar surface area (TPSA) is 61.0 Å². The van der Waals surface area contributed by atoms with E-state index in [4.69, 9.17) is 10.5 Å². The minimum atomic E-state index is -0.402. The average Bonchev–Trinajstić information content (AvgIpc) is 2.41. The predicted octanol–water partition coefficient (Wildman–Crippen LogP) is 1.79. The molecule has 1 aromatic heterocycles. The molecule has 0 aliphatic heterocycles. The monoisotopic (exact) mass is 247 g/mol. The van der Waals surface area contributed by atoms with E-state index < -0.39 is 5.82 Å². The number of benzene rings is 1. The van der Waals surface area contributed by atoms with E-state index in [9.17, 15) is 4.39 Å². The van der Waals surface area contributed by atoms with Gasteiger partial charge in [-0.1, -0.05) is 0 Å². The second-order valence-corrected chi connectivity index (χ2v) is 3.80. The highest BCUT2D eigenvalue weighted by Crippen LogP contribution is 2.23. The Morgan fingerprint density at radius 3 is 2.61 bits per heavy atom. The Morgan fingerprint density at radius 2 is 2.00 bits per heavy atom. The molecule has 0 spiro atoms. The van der Waals surface area contributed by atoms with Crippen LogP contribution >= 0.6 is 0 Å². The highest BCUT2D eigenvalue weighted by molar-refractivity contribution is 5.57. The first-order valence-corrected chi connectivity index (χ1v) is 5.59. The summed E-state index contributed by atoms with van der Waals surface area (Å²) in [5.41, 5.74) is 7.15. The van der Waals surface area contributed by atoms with E-state index in [1.54, 1.807) is 24.5 Å². The van der Waals surface area contributed by atoms with E-state index >= 15 is 0 Å². The van der Waals surface area contributed by atoms with Crippen molar-refractivity contribution in [2.45, 2.75) is 6.42 Å². The molecule has 0 unspecified atom stereocenters. The second-order valence-electron chi connectivity index (χ2n) is 3.80. The van der Waals surface area contributed by atoms with Crippen LogP contribution in [0.4, 0.5) is 4.39 Å². The first-order valence-electron chi connectivity index (χ1n) is 5.59. The van der Waals surface area contributed by atoms with Gasteiger partial charge in [0.2, 0.25) is 0 Å². The summed E-state index contributed by atoms with van der Waals surface area (Å²) in [7, 11) is 1.42. The molecule has 1 heterocycles. The lowest BCUT2D eigenvalue weighted by Gasteiger charge is -2.05. The zero-order chi connectivity index (χ0) is 13.0. The third kappa shape index (κ3) is 2.62. The molecule has 2 aromatic rings. The smallest absolute Gasteiger partial charge is 0.165 e. The van der Waals surface area contributed by atoms with Crippen molar-refractivity contribution in [1.29, 1.82) is 0 Å². The SMILES string of the molecule is COc1cc(-c2ncc(CCN)cn2)ccc1F. The summed E-state index contributed by atoms with van der Waals surface area (Å²) in [6.07, 6.45) is 4.20. The molecular formula is C13H14FN3O. The molecule has 2 rings (SSSR count). The van der Waals surface area contributed by atoms with E-state index in [0.717, 1.165) is 12.0 Å². The minimum absolute atomic E-state index is 0.183. The van der Waals surface area contributed by atoms with Crippen LogP contribution in [0.15, 0.2) is 30.6 Å². The molecule has 5 heteroatoms. The molecule has 0 amide bonds.